The van der Waals surface area contributed by atoms with Crippen LogP contribution in [0.2, 0.25) is 0 Å². The average molecular weight is 697 g/mol. The third kappa shape index (κ3) is 10.2. The van der Waals surface area contributed by atoms with Gasteiger partial charge in [-0.2, -0.15) is 0 Å². The van der Waals surface area contributed by atoms with E-state index in [1.807, 2.05) is 0 Å². The lowest BCUT2D eigenvalue weighted by Gasteiger charge is -2.44. The van der Waals surface area contributed by atoms with E-state index in [0.717, 1.165) is 90.0 Å². The number of ether oxygens (including phenoxy) is 1. The number of nitrogens with two attached hydrogens (primary N) is 2. The Bertz CT molecular complexity index is 1130. The van der Waals surface area contributed by atoms with Crippen molar-refractivity contribution in [2.45, 2.75) is 173 Å². The van der Waals surface area contributed by atoms with Gasteiger partial charge >= 0.3 is 0 Å². The molecule has 1 saturated heterocycles. The molecule has 50 heavy (non-hydrogen) atoms. The van der Waals surface area contributed by atoms with Crippen LogP contribution in [0.1, 0.15) is 149 Å². The normalized spacial score (nSPS) is 40.7. The largest absolute Gasteiger partial charge is 0.841 e. The number of quaternary nitrogens is 1. The molecule has 0 radical (unpaired) electrons. The van der Waals surface area contributed by atoms with Gasteiger partial charge in [0.25, 0.3) is 0 Å². The summed E-state index contributed by atoms with van der Waals surface area (Å²) in [5.74, 6) is 8.74. The van der Waals surface area contributed by atoms with Gasteiger partial charge in [-0.25, -0.2) is 0 Å². The summed E-state index contributed by atoms with van der Waals surface area (Å²) in [7, 11) is 1.66. The number of Topliss-reactive ketones (excluding diaryl/α,β-unsaturated/α-hetero) is 2. The summed E-state index contributed by atoms with van der Waals surface area (Å²) in [6.07, 6.45) is 18.3. The van der Waals surface area contributed by atoms with Crippen molar-refractivity contribution in [3.63, 3.8) is 0 Å². The van der Waals surface area contributed by atoms with Crippen molar-refractivity contribution in [1.82, 2.24) is 0 Å². The molecule has 7 unspecified atom stereocenters. The quantitative estimate of drug-likeness (QED) is 0.148. The summed E-state index contributed by atoms with van der Waals surface area (Å²) in [5.41, 5.74) is 6.45. The molecule has 5 N–H and O–H groups in total. The Kier molecular flexibility index (Phi) is 15.7. The maximum Gasteiger partial charge on any atom is 0.137 e. The zero-order chi connectivity index (χ0) is 35.6. The fourth-order valence-corrected chi connectivity index (χ4v) is 11.6. The van der Waals surface area contributed by atoms with Gasteiger partial charge in [-0.05, 0) is 112 Å². The zero-order valence-corrected chi connectivity index (χ0v) is 31.9. The van der Waals surface area contributed by atoms with Gasteiger partial charge in [-0.1, -0.05) is 83.5 Å². The number of aliphatic hydroxyl groups excluding tert-OH is 1. The Morgan fingerprint density at radius 1 is 0.880 bits per heavy atom. The van der Waals surface area contributed by atoms with E-state index in [1.165, 1.54) is 25.7 Å². The number of piperidine rings is 1. The molecule has 0 aromatic carbocycles. The van der Waals surface area contributed by atoms with Crippen molar-refractivity contribution in [2.24, 2.45) is 64.9 Å². The highest BCUT2D eigenvalue weighted by atomic mass is 16.5. The van der Waals surface area contributed by atoms with Crippen LogP contribution in [-0.4, -0.2) is 54.8 Å². The molecule has 5 aliphatic rings. The van der Waals surface area contributed by atoms with Crippen molar-refractivity contribution in [1.29, 1.82) is 0 Å². The second-order valence-electron chi connectivity index (χ2n) is 17.6. The first-order valence-electron chi connectivity index (χ1n) is 21.3. The van der Waals surface area contributed by atoms with E-state index >= 15 is 0 Å². The molecule has 7 nitrogen and oxygen atoms in total. The van der Waals surface area contributed by atoms with Crippen molar-refractivity contribution in [3.05, 3.63) is 0 Å². The summed E-state index contributed by atoms with van der Waals surface area (Å²) < 4.78 is 5.73. The summed E-state index contributed by atoms with van der Waals surface area (Å²) in [5, 5.41) is 27.6. The summed E-state index contributed by atoms with van der Waals surface area (Å²) in [4.78, 5) is 28.5. The second-order valence-corrected chi connectivity index (χ2v) is 17.6. The van der Waals surface area contributed by atoms with Gasteiger partial charge in [0.15, 0.2) is 0 Å². The average Bonchev–Trinajstić information content (AvgIpc) is 3.25. The molecule has 0 spiro atoms. The van der Waals surface area contributed by atoms with Crippen LogP contribution < -0.4 is 16.2 Å². The van der Waals surface area contributed by atoms with Crippen LogP contribution in [0, 0.1) is 71.0 Å². The Hall–Kier alpha value is -1.30. The van der Waals surface area contributed by atoms with Crippen LogP contribution in [0.25, 0.3) is 0 Å². The Balaban J connectivity index is 1.59. The SMILES string of the molecule is CCCCC[C@H]1C2C(=O)[C@H]([O-])C(=O)CCC3CC(OC)C(O)CC3[C@@H](C3CCCCC3)C#C[C@@H]2C[C@@H](CC2CC[NH2+]C(N)C2)C[C@@H]1CCCC. The fourth-order valence-electron chi connectivity index (χ4n) is 11.6. The van der Waals surface area contributed by atoms with E-state index in [9.17, 15) is 19.8 Å². The van der Waals surface area contributed by atoms with Gasteiger partial charge in [0.1, 0.15) is 17.7 Å². The fraction of sp³-hybridized carbons (Fsp3) is 0.907. The molecule has 1 aliphatic heterocycles. The number of methoxy groups -OCH3 is 1. The van der Waals surface area contributed by atoms with Crippen LogP contribution >= 0.6 is 0 Å². The second kappa shape index (κ2) is 19.7. The van der Waals surface area contributed by atoms with Gasteiger partial charge in [0, 0.05) is 37.7 Å². The number of carbonyl (C=O) groups excluding carboxylic acids is 2. The Morgan fingerprint density at radius 3 is 2.38 bits per heavy atom. The lowest BCUT2D eigenvalue weighted by atomic mass is 9.63. The molecule has 284 valence electrons. The highest BCUT2D eigenvalue weighted by Gasteiger charge is 2.46. The van der Waals surface area contributed by atoms with E-state index < -0.39 is 23.9 Å². The van der Waals surface area contributed by atoms with Gasteiger partial charge in [0.05, 0.1) is 18.8 Å². The zero-order valence-electron chi connectivity index (χ0n) is 31.9. The predicted molar refractivity (Wildman–Crippen MR) is 196 cm³/mol. The van der Waals surface area contributed by atoms with Crippen LogP contribution in [0.15, 0.2) is 0 Å². The molecular weight excluding hydrogens is 624 g/mol. The molecule has 0 amide bonds. The molecule has 0 bridgehead atoms. The number of carbonyl (C=O) groups is 2. The van der Waals surface area contributed by atoms with Gasteiger partial charge in [-0.15, -0.1) is 0 Å². The van der Waals surface area contributed by atoms with Crippen molar-refractivity contribution in [2.75, 3.05) is 13.7 Å². The number of unbranched alkanes of at least 4 members (excludes halogenated alkanes) is 3. The molecule has 3 saturated carbocycles. The van der Waals surface area contributed by atoms with Gasteiger partial charge in [0.2, 0.25) is 0 Å². The summed E-state index contributed by atoms with van der Waals surface area (Å²) in [6, 6.07) is 0. The minimum Gasteiger partial charge on any atom is -0.841 e. The van der Waals surface area contributed by atoms with Crippen LogP contribution in [0.3, 0.4) is 0 Å². The first-order valence-corrected chi connectivity index (χ1v) is 21.3. The first-order chi connectivity index (χ1) is 24.2. The number of ketones is 2. The third-order valence-electron chi connectivity index (χ3n) is 14.2. The standard InChI is InChI=1S/C43H71N2O5/c1-4-6-9-15-35-31(12-7-5-2)23-29(22-28-20-21-45-40(44)25-28)24-33-16-18-34(30-13-10-8-11-14-30)36-27-38(47)39(50-3)26-32(36)17-19-37(46)42(48)43(49)41(33)35/h28-36,38-42,45,47H,4-15,17,19-27,44H2,1-3H3/q-1/p+1/t28?,29-,31-,32?,33+,34+,35+,36?,38?,39?,40?,41?,42+/m0/s1. The van der Waals surface area contributed by atoms with Gasteiger partial charge < -0.3 is 29.9 Å². The summed E-state index contributed by atoms with van der Waals surface area (Å²) in [6.45, 7) is 5.54. The van der Waals surface area contributed by atoms with Crippen molar-refractivity contribution >= 4 is 11.6 Å². The highest BCUT2D eigenvalue weighted by Crippen LogP contribution is 2.49. The predicted octanol–water partition coefficient (Wildman–Crippen LogP) is 5.54. The number of hydrogen-bond donors (Lipinski definition) is 3. The van der Waals surface area contributed by atoms with Crippen LogP contribution in [0.5, 0.6) is 0 Å². The van der Waals surface area contributed by atoms with E-state index in [2.05, 4.69) is 31.0 Å². The minimum absolute atomic E-state index is 0.0962. The van der Waals surface area contributed by atoms with E-state index in [0.29, 0.717) is 42.9 Å². The van der Waals surface area contributed by atoms with Crippen LogP contribution in [-0.2, 0) is 14.3 Å². The Labute approximate surface area is 304 Å². The number of aliphatic hydroxyl groups is 1. The molecule has 13 atom stereocenters. The van der Waals surface area contributed by atoms with E-state index in [1.54, 1.807) is 7.11 Å². The van der Waals surface area contributed by atoms with Crippen molar-refractivity contribution < 1.29 is 29.9 Å². The van der Waals surface area contributed by atoms with E-state index in [-0.39, 0.29) is 54.1 Å². The monoisotopic (exact) mass is 697 g/mol. The topological polar surface area (TPSA) is 129 Å². The molecule has 4 aliphatic carbocycles. The smallest absolute Gasteiger partial charge is 0.137 e. The van der Waals surface area contributed by atoms with Gasteiger partial charge in [-0.3, -0.25) is 5.73 Å². The Morgan fingerprint density at radius 2 is 1.66 bits per heavy atom. The first kappa shape index (κ1) is 39.9. The molecule has 5 rings (SSSR count). The van der Waals surface area contributed by atoms with Crippen molar-refractivity contribution in [3.8, 4) is 11.8 Å². The molecule has 4 fully saturated rings. The molecule has 1 heterocycles. The minimum atomic E-state index is -1.83. The molecule has 0 aromatic heterocycles. The summed E-state index contributed by atoms with van der Waals surface area (Å²) >= 11 is 0. The third-order valence-corrected chi connectivity index (χ3v) is 14.2. The molecular formula is C43H72N2O5. The number of fused-ring (bicyclic) bond motifs is 2. The number of rotatable bonds is 11. The lowest BCUT2D eigenvalue weighted by Crippen LogP contribution is -2.94. The number of hydrogen-bond acceptors (Lipinski definition) is 6. The van der Waals surface area contributed by atoms with E-state index in [4.69, 9.17) is 10.5 Å². The highest BCUT2D eigenvalue weighted by molar-refractivity contribution is 6.05. The van der Waals surface area contributed by atoms with Crippen LogP contribution in [0.4, 0.5) is 0 Å². The maximum absolute atomic E-state index is 14.7. The maximum atomic E-state index is 14.7. The lowest BCUT2D eigenvalue weighted by molar-refractivity contribution is -0.699. The molecule has 7 heteroatoms. The molecule has 0 aromatic rings.